The van der Waals surface area contributed by atoms with E-state index in [1.807, 2.05) is 6.08 Å². The van der Waals surface area contributed by atoms with Crippen LogP contribution in [0.2, 0.25) is 0 Å². The summed E-state index contributed by atoms with van der Waals surface area (Å²) >= 11 is 0. The molecule has 1 unspecified atom stereocenters. The van der Waals surface area contributed by atoms with E-state index in [-0.39, 0.29) is 5.97 Å². The monoisotopic (exact) mass is 140 g/mol. The number of hydrogen-bond acceptors (Lipinski definition) is 2. The zero-order valence-electron chi connectivity index (χ0n) is 6.39. The predicted molar refractivity (Wildman–Crippen MR) is 38.2 cm³/mol. The summed E-state index contributed by atoms with van der Waals surface area (Å²) in [5, 5.41) is 0. The van der Waals surface area contributed by atoms with Crippen LogP contribution in [-0.2, 0) is 9.53 Å². The molecule has 0 N–H and O–H groups in total. The first-order chi connectivity index (χ1) is 4.68. The largest absolute Gasteiger partial charge is 0.432 e. The summed E-state index contributed by atoms with van der Waals surface area (Å²) in [6, 6.07) is 0. The molecule has 0 radical (unpaired) electrons. The number of carbonyl (C=O) groups excluding carboxylic acids is 1. The number of esters is 1. The quantitative estimate of drug-likeness (QED) is 0.520. The maximum atomic E-state index is 10.4. The van der Waals surface area contributed by atoms with Crippen molar-refractivity contribution in [2.24, 2.45) is 5.92 Å². The Morgan fingerprint density at radius 3 is 2.90 bits per heavy atom. The standard InChI is InChI=1S/C8H12O2/c1-6-3-4-8(5-6)10-7(2)9/h4,6H,3,5H2,1-2H3. The van der Waals surface area contributed by atoms with Gasteiger partial charge in [-0.3, -0.25) is 4.79 Å². The Labute approximate surface area is 60.9 Å². The summed E-state index contributed by atoms with van der Waals surface area (Å²) in [6.07, 6.45) is 3.95. The summed E-state index contributed by atoms with van der Waals surface area (Å²) in [5.41, 5.74) is 0. The van der Waals surface area contributed by atoms with Crippen molar-refractivity contribution in [1.29, 1.82) is 0 Å². The lowest BCUT2D eigenvalue weighted by Crippen LogP contribution is -1.97. The van der Waals surface area contributed by atoms with Gasteiger partial charge in [-0.1, -0.05) is 6.92 Å². The van der Waals surface area contributed by atoms with Gasteiger partial charge in [-0.25, -0.2) is 0 Å². The Morgan fingerprint density at radius 1 is 1.80 bits per heavy atom. The number of ether oxygens (including phenoxy) is 1. The molecule has 0 aromatic rings. The van der Waals surface area contributed by atoms with Crippen molar-refractivity contribution in [3.63, 3.8) is 0 Å². The lowest BCUT2D eigenvalue weighted by molar-refractivity contribution is -0.137. The van der Waals surface area contributed by atoms with Crippen LogP contribution in [0.4, 0.5) is 0 Å². The highest BCUT2D eigenvalue weighted by Crippen LogP contribution is 2.24. The minimum absolute atomic E-state index is 0.208. The molecule has 0 fully saturated rings. The van der Waals surface area contributed by atoms with Gasteiger partial charge in [0.2, 0.25) is 0 Å². The number of carbonyl (C=O) groups is 1. The van der Waals surface area contributed by atoms with Crippen molar-refractivity contribution in [1.82, 2.24) is 0 Å². The number of allylic oxidation sites excluding steroid dienone is 2. The van der Waals surface area contributed by atoms with Crippen molar-refractivity contribution < 1.29 is 9.53 Å². The summed E-state index contributed by atoms with van der Waals surface area (Å²) < 4.78 is 4.90. The van der Waals surface area contributed by atoms with Gasteiger partial charge in [0, 0.05) is 13.3 Å². The molecule has 56 valence electrons. The van der Waals surface area contributed by atoms with Crippen LogP contribution in [0.15, 0.2) is 11.8 Å². The molecule has 0 bridgehead atoms. The molecule has 0 aromatic heterocycles. The lowest BCUT2D eigenvalue weighted by Gasteiger charge is -2.01. The zero-order chi connectivity index (χ0) is 7.56. The fourth-order valence-corrected chi connectivity index (χ4v) is 1.11. The fourth-order valence-electron chi connectivity index (χ4n) is 1.11. The Hall–Kier alpha value is -0.790. The van der Waals surface area contributed by atoms with Gasteiger partial charge in [-0.15, -0.1) is 0 Å². The maximum absolute atomic E-state index is 10.4. The maximum Gasteiger partial charge on any atom is 0.307 e. The van der Waals surface area contributed by atoms with E-state index in [0.29, 0.717) is 5.92 Å². The second kappa shape index (κ2) is 2.86. The Bertz CT molecular complexity index is 170. The van der Waals surface area contributed by atoms with Crippen LogP contribution in [-0.4, -0.2) is 5.97 Å². The molecule has 2 heteroatoms. The molecule has 0 aromatic carbocycles. The van der Waals surface area contributed by atoms with Gasteiger partial charge in [-0.2, -0.15) is 0 Å². The van der Waals surface area contributed by atoms with E-state index in [4.69, 9.17) is 4.74 Å². The van der Waals surface area contributed by atoms with E-state index in [2.05, 4.69) is 6.92 Å². The normalized spacial score (nSPS) is 24.2. The molecule has 0 amide bonds. The van der Waals surface area contributed by atoms with E-state index >= 15 is 0 Å². The topological polar surface area (TPSA) is 26.3 Å². The van der Waals surface area contributed by atoms with Crippen molar-refractivity contribution in [3.05, 3.63) is 11.8 Å². The van der Waals surface area contributed by atoms with Gasteiger partial charge < -0.3 is 4.74 Å². The smallest absolute Gasteiger partial charge is 0.307 e. The second-order valence-electron chi connectivity index (χ2n) is 2.81. The van der Waals surface area contributed by atoms with Crippen molar-refractivity contribution >= 4 is 5.97 Å². The fraction of sp³-hybridized carbons (Fsp3) is 0.625. The average Bonchev–Trinajstić information content (AvgIpc) is 2.13. The van der Waals surface area contributed by atoms with Crippen molar-refractivity contribution in [3.8, 4) is 0 Å². The molecular weight excluding hydrogens is 128 g/mol. The highest BCUT2D eigenvalue weighted by Gasteiger charge is 2.14. The number of hydrogen-bond donors (Lipinski definition) is 0. The molecule has 0 spiro atoms. The van der Waals surface area contributed by atoms with Gasteiger partial charge in [0.25, 0.3) is 0 Å². The highest BCUT2D eigenvalue weighted by molar-refractivity contribution is 5.67. The molecule has 1 aliphatic rings. The second-order valence-corrected chi connectivity index (χ2v) is 2.81. The van der Waals surface area contributed by atoms with Gasteiger partial charge in [-0.05, 0) is 18.4 Å². The van der Waals surface area contributed by atoms with Gasteiger partial charge in [0.05, 0.1) is 0 Å². The van der Waals surface area contributed by atoms with E-state index < -0.39 is 0 Å². The molecule has 0 saturated heterocycles. The molecule has 0 aliphatic heterocycles. The average molecular weight is 140 g/mol. The molecular formula is C8H12O2. The lowest BCUT2D eigenvalue weighted by atomic mass is 10.1. The SMILES string of the molecule is CC(=O)OC1=CCC(C)C1. The molecule has 1 rings (SSSR count). The Kier molecular flexibility index (Phi) is 2.10. The van der Waals surface area contributed by atoms with E-state index in [1.54, 1.807) is 0 Å². The van der Waals surface area contributed by atoms with Crippen LogP contribution < -0.4 is 0 Å². The van der Waals surface area contributed by atoms with E-state index in [9.17, 15) is 4.79 Å². The predicted octanol–water partition coefficient (Wildman–Crippen LogP) is 1.86. The molecule has 10 heavy (non-hydrogen) atoms. The van der Waals surface area contributed by atoms with Gasteiger partial charge in [0.1, 0.15) is 5.76 Å². The third-order valence-electron chi connectivity index (χ3n) is 1.57. The Morgan fingerprint density at radius 2 is 2.50 bits per heavy atom. The summed E-state index contributed by atoms with van der Waals surface area (Å²) in [5.74, 6) is 1.29. The highest BCUT2D eigenvalue weighted by atomic mass is 16.5. The molecule has 1 aliphatic carbocycles. The van der Waals surface area contributed by atoms with Gasteiger partial charge in [0.15, 0.2) is 0 Å². The first kappa shape index (κ1) is 7.32. The van der Waals surface area contributed by atoms with Crippen molar-refractivity contribution in [2.75, 3.05) is 0 Å². The van der Waals surface area contributed by atoms with Crippen LogP contribution in [0.25, 0.3) is 0 Å². The summed E-state index contributed by atoms with van der Waals surface area (Å²) in [6.45, 7) is 3.58. The van der Waals surface area contributed by atoms with E-state index in [1.165, 1.54) is 6.92 Å². The van der Waals surface area contributed by atoms with Crippen LogP contribution in [0.1, 0.15) is 26.7 Å². The van der Waals surface area contributed by atoms with Gasteiger partial charge >= 0.3 is 5.97 Å². The van der Waals surface area contributed by atoms with Crippen LogP contribution in [0, 0.1) is 5.92 Å². The van der Waals surface area contributed by atoms with E-state index in [0.717, 1.165) is 18.6 Å². The van der Waals surface area contributed by atoms with Crippen LogP contribution in [0.3, 0.4) is 0 Å². The third-order valence-corrected chi connectivity index (χ3v) is 1.57. The zero-order valence-corrected chi connectivity index (χ0v) is 6.39. The molecule has 1 atom stereocenters. The minimum atomic E-state index is -0.208. The summed E-state index contributed by atoms with van der Waals surface area (Å²) in [4.78, 5) is 10.4. The third kappa shape index (κ3) is 1.87. The molecule has 2 nitrogen and oxygen atoms in total. The molecule has 0 heterocycles. The minimum Gasteiger partial charge on any atom is -0.432 e. The number of rotatable bonds is 1. The van der Waals surface area contributed by atoms with Crippen LogP contribution >= 0.6 is 0 Å². The summed E-state index contributed by atoms with van der Waals surface area (Å²) in [7, 11) is 0. The van der Waals surface area contributed by atoms with Crippen molar-refractivity contribution in [2.45, 2.75) is 26.7 Å². The van der Waals surface area contributed by atoms with Crippen LogP contribution in [0.5, 0.6) is 0 Å². The first-order valence-corrected chi connectivity index (χ1v) is 3.56. The Balaban J connectivity index is 2.37. The molecule has 0 saturated carbocycles. The first-order valence-electron chi connectivity index (χ1n) is 3.56.